The van der Waals surface area contributed by atoms with Crippen molar-refractivity contribution in [1.29, 1.82) is 0 Å². The number of benzene rings is 10. The topological polar surface area (TPSA) is 40.6 Å². The highest BCUT2D eigenvalue weighted by Gasteiger charge is 2.23. The Morgan fingerprint density at radius 3 is 1.46 bits per heavy atom. The summed E-state index contributed by atoms with van der Waals surface area (Å²) in [4.78, 5) is 11.0. The molecule has 0 aliphatic rings. The van der Waals surface area contributed by atoms with Gasteiger partial charge in [-0.2, -0.15) is 0 Å². The molecule has 0 N–H and O–H groups in total. The summed E-state index contributed by atoms with van der Waals surface area (Å²) in [6, 6.07) is 80.8. The van der Waals surface area contributed by atoms with Crippen LogP contribution in [0.5, 0.6) is 0 Å². The summed E-state index contributed by atoms with van der Waals surface area (Å²) in [6.07, 6.45) is 0. The molecule has 0 saturated heterocycles. The van der Waals surface area contributed by atoms with Crippen molar-refractivity contribution in [2.24, 2.45) is 0 Å². The van der Waals surface area contributed by atoms with E-state index in [4.69, 9.17) is 9.97 Å². The van der Waals surface area contributed by atoms with Gasteiger partial charge in [-0.3, -0.25) is 4.57 Å². The zero-order valence-corrected chi connectivity index (χ0v) is 35.1. The molecule has 0 aliphatic heterocycles. The smallest absolute Gasteiger partial charge is 0.235 e. The number of rotatable bonds is 5. The summed E-state index contributed by atoms with van der Waals surface area (Å²) in [7, 11) is 0. The fraction of sp³-hybridized carbons (Fsp3) is 0. The van der Waals surface area contributed by atoms with Crippen LogP contribution >= 0.6 is 0 Å². The van der Waals surface area contributed by atoms with Gasteiger partial charge in [0, 0.05) is 60.0 Å². The van der Waals surface area contributed by atoms with E-state index in [-0.39, 0.29) is 0 Å². The van der Waals surface area contributed by atoms with Crippen LogP contribution in [0.15, 0.2) is 224 Å². The lowest BCUT2D eigenvalue weighted by molar-refractivity contribution is 1.02. The first-order chi connectivity index (χ1) is 32.3. The number of hydrogen-bond donors (Lipinski definition) is 0. The third-order valence-corrected chi connectivity index (χ3v) is 13.4. The van der Waals surface area contributed by atoms with Crippen molar-refractivity contribution in [3.63, 3.8) is 0 Å². The van der Waals surface area contributed by atoms with Crippen LogP contribution in [-0.2, 0) is 0 Å². The van der Waals surface area contributed by atoms with E-state index < -0.39 is 0 Å². The van der Waals surface area contributed by atoms with Crippen molar-refractivity contribution >= 4 is 87.1 Å². The predicted octanol–water partition coefficient (Wildman–Crippen LogP) is 15.4. The second-order valence-electron chi connectivity index (χ2n) is 16.9. The number of nitrogens with zero attached hydrogens (tertiary/aromatic N) is 5. The summed E-state index contributed by atoms with van der Waals surface area (Å²) < 4.78 is 7.05. The molecule has 302 valence electrons. The van der Waals surface area contributed by atoms with E-state index in [2.05, 4.69) is 238 Å². The zero-order chi connectivity index (χ0) is 42.6. The van der Waals surface area contributed by atoms with Crippen molar-refractivity contribution in [3.8, 4) is 39.7 Å². The van der Waals surface area contributed by atoms with Gasteiger partial charge in [0.1, 0.15) is 0 Å². The van der Waals surface area contributed by atoms with E-state index in [1.165, 1.54) is 54.6 Å². The molecule has 0 bridgehead atoms. The first kappa shape index (κ1) is 35.8. The van der Waals surface area contributed by atoms with Gasteiger partial charge in [0.05, 0.1) is 44.3 Å². The molecule has 0 unspecified atom stereocenters. The van der Waals surface area contributed by atoms with Crippen molar-refractivity contribution in [1.82, 2.24) is 23.7 Å². The molecule has 0 fully saturated rings. The molecule has 10 aromatic carbocycles. The van der Waals surface area contributed by atoms with E-state index >= 15 is 0 Å². The lowest BCUT2D eigenvalue weighted by atomic mass is 9.94. The highest BCUT2D eigenvalue weighted by Crippen LogP contribution is 2.44. The van der Waals surface area contributed by atoms with E-state index in [0.717, 1.165) is 66.2 Å². The van der Waals surface area contributed by atoms with Gasteiger partial charge in [-0.25, -0.2) is 9.97 Å². The van der Waals surface area contributed by atoms with Crippen LogP contribution in [0.3, 0.4) is 0 Å². The lowest BCUT2D eigenvalue weighted by Gasteiger charge is -2.14. The van der Waals surface area contributed by atoms with Crippen LogP contribution in [0.4, 0.5) is 0 Å². The number of aromatic nitrogens is 5. The second kappa shape index (κ2) is 13.9. The van der Waals surface area contributed by atoms with Gasteiger partial charge >= 0.3 is 0 Å². The van der Waals surface area contributed by atoms with Gasteiger partial charge in [0.25, 0.3) is 0 Å². The highest BCUT2D eigenvalue weighted by molar-refractivity contribution is 6.22. The molecule has 14 rings (SSSR count). The summed E-state index contributed by atoms with van der Waals surface area (Å²) in [5.41, 5.74) is 14.3. The normalized spacial score (nSPS) is 12.0. The van der Waals surface area contributed by atoms with Gasteiger partial charge in [-0.15, -0.1) is 0 Å². The van der Waals surface area contributed by atoms with Gasteiger partial charge < -0.3 is 9.13 Å². The third-order valence-electron chi connectivity index (χ3n) is 13.4. The zero-order valence-electron chi connectivity index (χ0n) is 35.1. The Balaban J connectivity index is 1.01. The van der Waals surface area contributed by atoms with Crippen LogP contribution in [0.2, 0.25) is 0 Å². The maximum absolute atomic E-state index is 5.59. The number of fused-ring (bicyclic) bond motifs is 12. The van der Waals surface area contributed by atoms with Gasteiger partial charge in [-0.05, 0) is 89.3 Å². The van der Waals surface area contributed by atoms with Gasteiger partial charge in [-0.1, -0.05) is 152 Å². The van der Waals surface area contributed by atoms with Crippen molar-refractivity contribution in [3.05, 3.63) is 224 Å². The standard InChI is InChI=1S/C60H37N5/c1-3-17-40(18-4-1)63-54-29-15-11-23-44(54)50-35-39(32-34-56(50)63)58-48-26-9-13-27-52(48)61-60(62-58)65-55-30-16-12-24-45(55)51-37-49(42-21-7-8-25-47(42)59(51)65)38-31-33-46-43-22-10-14-28-53(43)64(57(46)36-38)41-19-5-2-6-20-41/h1-37H. The second-order valence-corrected chi connectivity index (χ2v) is 16.9. The molecule has 0 amide bonds. The third kappa shape index (κ3) is 5.27. The maximum Gasteiger partial charge on any atom is 0.235 e. The van der Waals surface area contributed by atoms with Crippen molar-refractivity contribution in [2.75, 3.05) is 0 Å². The molecule has 5 heteroatoms. The Bertz CT molecular complexity index is 4230. The van der Waals surface area contributed by atoms with Gasteiger partial charge in [0.2, 0.25) is 5.95 Å². The Morgan fingerprint density at radius 1 is 0.277 bits per heavy atom. The molecular weight excluding hydrogens is 791 g/mol. The molecule has 0 radical (unpaired) electrons. The lowest BCUT2D eigenvalue weighted by Crippen LogP contribution is -2.04. The molecule has 4 heterocycles. The summed E-state index contributed by atoms with van der Waals surface area (Å²) in [5.74, 6) is 0.642. The molecule has 4 aromatic heterocycles. The van der Waals surface area contributed by atoms with Crippen LogP contribution in [0.1, 0.15) is 0 Å². The fourth-order valence-corrected chi connectivity index (χ4v) is 10.6. The molecule has 0 atom stereocenters. The van der Waals surface area contributed by atoms with E-state index in [1.807, 2.05) is 0 Å². The Kier molecular flexibility index (Phi) is 7.62. The van der Waals surface area contributed by atoms with Crippen LogP contribution in [0, 0.1) is 0 Å². The fourth-order valence-electron chi connectivity index (χ4n) is 10.6. The van der Waals surface area contributed by atoms with E-state index in [1.54, 1.807) is 0 Å². The molecular formula is C60H37N5. The first-order valence-corrected chi connectivity index (χ1v) is 22.2. The minimum absolute atomic E-state index is 0.642. The number of hydrogen-bond acceptors (Lipinski definition) is 2. The quantitative estimate of drug-likeness (QED) is 0.173. The Hall–Kier alpha value is -8.80. The van der Waals surface area contributed by atoms with E-state index in [9.17, 15) is 0 Å². The number of para-hydroxylation sites is 6. The molecule has 14 aromatic rings. The first-order valence-electron chi connectivity index (χ1n) is 22.2. The summed E-state index contributed by atoms with van der Waals surface area (Å²) in [5, 5.41) is 10.5. The van der Waals surface area contributed by atoms with Gasteiger partial charge in [0.15, 0.2) is 0 Å². The SMILES string of the molecule is c1ccc(-n2c3ccccc3c3cc(-c4nc(-n5c6ccccc6c6cc(-c7ccc8c9ccccc9n(-c9ccccc9)c8c7)c7ccccc7c65)nc5ccccc45)ccc32)cc1. The minimum atomic E-state index is 0.642. The Morgan fingerprint density at radius 2 is 0.769 bits per heavy atom. The van der Waals surface area contributed by atoms with Crippen molar-refractivity contribution < 1.29 is 0 Å². The van der Waals surface area contributed by atoms with Crippen LogP contribution < -0.4 is 0 Å². The monoisotopic (exact) mass is 827 g/mol. The molecule has 5 nitrogen and oxygen atoms in total. The average molecular weight is 828 g/mol. The largest absolute Gasteiger partial charge is 0.309 e. The molecule has 0 aliphatic carbocycles. The molecule has 0 spiro atoms. The van der Waals surface area contributed by atoms with Crippen molar-refractivity contribution in [2.45, 2.75) is 0 Å². The summed E-state index contributed by atoms with van der Waals surface area (Å²) in [6.45, 7) is 0. The maximum atomic E-state index is 5.59. The minimum Gasteiger partial charge on any atom is -0.309 e. The Labute approximate surface area is 373 Å². The highest BCUT2D eigenvalue weighted by atomic mass is 15.2. The van der Waals surface area contributed by atoms with Crippen LogP contribution in [-0.4, -0.2) is 23.7 Å². The predicted molar refractivity (Wildman–Crippen MR) is 271 cm³/mol. The summed E-state index contributed by atoms with van der Waals surface area (Å²) >= 11 is 0. The average Bonchev–Trinajstić information content (AvgIpc) is 4.01. The van der Waals surface area contributed by atoms with Crippen LogP contribution in [0.25, 0.3) is 127 Å². The molecule has 0 saturated carbocycles. The molecule has 65 heavy (non-hydrogen) atoms. The van der Waals surface area contributed by atoms with E-state index in [0.29, 0.717) is 5.95 Å².